The predicted octanol–water partition coefficient (Wildman–Crippen LogP) is 4.05. The maximum absolute atomic E-state index is 12.3. The monoisotopic (exact) mass is 409 g/mol. The van der Waals surface area contributed by atoms with Gasteiger partial charge in [-0.1, -0.05) is 30.3 Å². The van der Waals surface area contributed by atoms with E-state index in [1.807, 2.05) is 60.8 Å². The van der Waals surface area contributed by atoms with Gasteiger partial charge in [0.15, 0.2) is 0 Å². The Labute approximate surface area is 174 Å². The van der Waals surface area contributed by atoms with E-state index in [4.69, 9.17) is 9.47 Å². The smallest absolute Gasteiger partial charge is 0.246 e. The number of nitrogens with zero attached hydrogens (tertiary/aromatic N) is 2. The molecule has 1 aromatic heterocycles. The van der Waals surface area contributed by atoms with Crippen molar-refractivity contribution in [1.82, 2.24) is 10.4 Å². The number of amides is 1. The second kappa shape index (κ2) is 9.95. The van der Waals surface area contributed by atoms with Gasteiger partial charge in [0.2, 0.25) is 5.91 Å². The average molecular weight is 410 g/mol. The van der Waals surface area contributed by atoms with Crippen LogP contribution in [-0.4, -0.2) is 30.8 Å². The second-order valence-electron chi connectivity index (χ2n) is 6.36. The molecule has 3 rings (SSSR count). The van der Waals surface area contributed by atoms with Crippen LogP contribution in [0.2, 0.25) is 0 Å². The topological polar surface area (TPSA) is 72.8 Å². The van der Waals surface area contributed by atoms with Crippen molar-refractivity contribution >= 4 is 23.0 Å². The molecule has 1 N–H and O–H groups in total. The Bertz CT molecular complexity index is 1000. The van der Waals surface area contributed by atoms with Crippen molar-refractivity contribution in [1.29, 1.82) is 0 Å². The molecule has 29 heavy (non-hydrogen) atoms. The summed E-state index contributed by atoms with van der Waals surface area (Å²) in [7, 11) is 3.26. The Hall–Kier alpha value is -3.03. The summed E-state index contributed by atoms with van der Waals surface area (Å²) in [5, 5.41) is 6.93. The zero-order valence-corrected chi connectivity index (χ0v) is 17.5. The van der Waals surface area contributed by atoms with Crippen LogP contribution in [0.5, 0.6) is 5.75 Å². The van der Waals surface area contributed by atoms with E-state index in [-0.39, 0.29) is 12.3 Å². The summed E-state index contributed by atoms with van der Waals surface area (Å²) >= 11 is 1.47. The number of hydrogen-bond acceptors (Lipinski definition) is 6. The van der Waals surface area contributed by atoms with Crippen molar-refractivity contribution in [3.63, 3.8) is 0 Å². The molecule has 0 aliphatic heterocycles. The highest BCUT2D eigenvalue weighted by molar-refractivity contribution is 7.10. The zero-order chi connectivity index (χ0) is 20.6. The molecule has 0 spiro atoms. The third kappa shape index (κ3) is 5.49. The van der Waals surface area contributed by atoms with E-state index < -0.39 is 0 Å². The van der Waals surface area contributed by atoms with E-state index in [1.165, 1.54) is 11.3 Å². The number of carbonyl (C=O) groups excluding carboxylic acids is 1. The predicted molar refractivity (Wildman–Crippen MR) is 115 cm³/mol. The van der Waals surface area contributed by atoms with Crippen LogP contribution in [-0.2, 0) is 22.6 Å². The maximum Gasteiger partial charge on any atom is 0.246 e. The van der Waals surface area contributed by atoms with E-state index in [1.54, 1.807) is 14.2 Å². The quantitative estimate of drug-likeness (QED) is 0.450. The van der Waals surface area contributed by atoms with Crippen LogP contribution < -0.4 is 10.2 Å². The molecule has 150 valence electrons. The molecule has 0 saturated heterocycles. The Balaban J connectivity index is 1.63. The Morgan fingerprint density at radius 1 is 1.17 bits per heavy atom. The third-order valence-corrected chi connectivity index (χ3v) is 5.13. The summed E-state index contributed by atoms with van der Waals surface area (Å²) in [4.78, 5) is 16.8. The molecule has 0 atom stereocenters. The molecule has 7 heteroatoms. The van der Waals surface area contributed by atoms with Gasteiger partial charge in [-0.05, 0) is 30.7 Å². The first-order valence-electron chi connectivity index (χ1n) is 9.10. The van der Waals surface area contributed by atoms with Crippen molar-refractivity contribution in [2.24, 2.45) is 5.10 Å². The minimum Gasteiger partial charge on any atom is -0.496 e. The van der Waals surface area contributed by atoms with E-state index in [2.05, 4.69) is 15.5 Å². The SMILES string of the molecule is COCc1cc(/C(C)=N\NC(=O)Cc2nc(-c3ccccc3)cs2)ccc1OC. The van der Waals surface area contributed by atoms with Gasteiger partial charge in [0.1, 0.15) is 10.8 Å². The normalized spacial score (nSPS) is 11.3. The Morgan fingerprint density at radius 2 is 1.97 bits per heavy atom. The maximum atomic E-state index is 12.3. The third-order valence-electron chi connectivity index (χ3n) is 4.28. The van der Waals surface area contributed by atoms with Crippen molar-refractivity contribution in [3.05, 3.63) is 70.0 Å². The minimum atomic E-state index is -0.205. The lowest BCUT2D eigenvalue weighted by Crippen LogP contribution is -2.21. The lowest BCUT2D eigenvalue weighted by atomic mass is 10.1. The van der Waals surface area contributed by atoms with E-state index >= 15 is 0 Å². The fourth-order valence-electron chi connectivity index (χ4n) is 2.79. The van der Waals surface area contributed by atoms with Crippen molar-refractivity contribution < 1.29 is 14.3 Å². The van der Waals surface area contributed by atoms with Crippen LogP contribution >= 0.6 is 11.3 Å². The number of hydrazone groups is 1. The molecule has 0 fully saturated rings. The number of thiazole rings is 1. The van der Waals surface area contributed by atoms with Gasteiger partial charge in [0.25, 0.3) is 0 Å². The molecule has 0 unspecified atom stereocenters. The molecule has 3 aromatic rings. The van der Waals surface area contributed by atoms with Gasteiger partial charge in [-0.15, -0.1) is 11.3 Å². The molecule has 0 bridgehead atoms. The molecular formula is C22H23N3O3S. The highest BCUT2D eigenvalue weighted by atomic mass is 32.1. The van der Waals surface area contributed by atoms with E-state index in [9.17, 15) is 4.79 Å². The minimum absolute atomic E-state index is 0.186. The first-order chi connectivity index (χ1) is 14.1. The lowest BCUT2D eigenvalue weighted by molar-refractivity contribution is -0.120. The van der Waals surface area contributed by atoms with Gasteiger partial charge in [0, 0.05) is 23.6 Å². The van der Waals surface area contributed by atoms with E-state index in [0.29, 0.717) is 12.3 Å². The van der Waals surface area contributed by atoms with Crippen LogP contribution in [0.15, 0.2) is 59.0 Å². The van der Waals surface area contributed by atoms with Crippen molar-refractivity contribution in [3.8, 4) is 17.0 Å². The number of ether oxygens (including phenoxy) is 2. The second-order valence-corrected chi connectivity index (χ2v) is 7.30. The molecule has 0 radical (unpaired) electrons. The molecule has 1 amide bonds. The number of nitrogens with one attached hydrogen (secondary N) is 1. The number of carbonyl (C=O) groups is 1. The van der Waals surface area contributed by atoms with Crippen LogP contribution in [0.3, 0.4) is 0 Å². The first kappa shape index (κ1) is 20.7. The molecular weight excluding hydrogens is 386 g/mol. The summed E-state index contributed by atoms with van der Waals surface area (Å²) in [6.07, 6.45) is 0.186. The molecule has 6 nitrogen and oxygen atoms in total. The fourth-order valence-corrected chi connectivity index (χ4v) is 3.60. The number of methoxy groups -OCH3 is 2. The molecule has 1 heterocycles. The number of aromatic nitrogens is 1. The highest BCUT2D eigenvalue weighted by Gasteiger charge is 2.10. The van der Waals surface area contributed by atoms with Crippen LogP contribution in [0, 0.1) is 0 Å². The molecule has 0 aliphatic rings. The molecule has 2 aromatic carbocycles. The molecule has 0 aliphatic carbocycles. The number of hydrogen-bond donors (Lipinski definition) is 1. The summed E-state index contributed by atoms with van der Waals surface area (Å²) in [6.45, 7) is 2.28. The van der Waals surface area contributed by atoms with Gasteiger partial charge >= 0.3 is 0 Å². The largest absolute Gasteiger partial charge is 0.496 e. The summed E-state index contributed by atoms with van der Waals surface area (Å²) in [5.74, 6) is 0.550. The average Bonchev–Trinajstić information content (AvgIpc) is 3.21. The Morgan fingerprint density at radius 3 is 2.69 bits per heavy atom. The number of rotatable bonds is 8. The van der Waals surface area contributed by atoms with Gasteiger partial charge in [0.05, 0.1) is 31.5 Å². The van der Waals surface area contributed by atoms with E-state index in [0.717, 1.165) is 33.1 Å². The van der Waals surface area contributed by atoms with Crippen LogP contribution in [0.25, 0.3) is 11.3 Å². The van der Waals surface area contributed by atoms with Gasteiger partial charge in [-0.2, -0.15) is 5.10 Å². The van der Waals surface area contributed by atoms with Crippen molar-refractivity contribution in [2.45, 2.75) is 20.0 Å². The standard InChI is InChI=1S/C22H23N3O3S/c1-15(17-9-10-20(28-3)18(11-17)13-27-2)24-25-21(26)12-22-23-19(14-29-22)16-7-5-4-6-8-16/h4-11,14H,12-13H2,1-3H3,(H,25,26)/b24-15-. The van der Waals surface area contributed by atoms with Gasteiger partial charge in [-0.3, -0.25) is 4.79 Å². The van der Waals surface area contributed by atoms with Crippen LogP contribution in [0.4, 0.5) is 0 Å². The highest BCUT2D eigenvalue weighted by Crippen LogP contribution is 2.22. The first-order valence-corrected chi connectivity index (χ1v) is 9.98. The summed E-state index contributed by atoms with van der Waals surface area (Å²) in [6, 6.07) is 15.6. The zero-order valence-electron chi connectivity index (χ0n) is 16.6. The van der Waals surface area contributed by atoms with Crippen LogP contribution in [0.1, 0.15) is 23.1 Å². The van der Waals surface area contributed by atoms with Crippen molar-refractivity contribution in [2.75, 3.05) is 14.2 Å². The fraction of sp³-hybridized carbons (Fsp3) is 0.227. The van der Waals surface area contributed by atoms with Gasteiger partial charge in [-0.25, -0.2) is 10.4 Å². The summed E-state index contributed by atoms with van der Waals surface area (Å²) in [5.41, 5.74) is 7.03. The summed E-state index contributed by atoms with van der Waals surface area (Å²) < 4.78 is 10.5. The number of benzene rings is 2. The molecule has 0 saturated carbocycles. The Kier molecular flexibility index (Phi) is 7.10. The van der Waals surface area contributed by atoms with Gasteiger partial charge < -0.3 is 9.47 Å². The lowest BCUT2D eigenvalue weighted by Gasteiger charge is -2.10.